The predicted octanol–water partition coefficient (Wildman–Crippen LogP) is 5.65. The van der Waals surface area contributed by atoms with Gasteiger partial charge in [-0.15, -0.1) is 0 Å². The molecule has 3 aromatic carbocycles. The highest BCUT2D eigenvalue weighted by molar-refractivity contribution is 6.05. The summed E-state index contributed by atoms with van der Waals surface area (Å²) in [6.45, 7) is 1.85. The minimum Gasteiger partial charge on any atom is -0.368 e. The summed E-state index contributed by atoms with van der Waals surface area (Å²) >= 11 is 0. The number of hydrogen-bond donors (Lipinski definition) is 4. The molecule has 5 aromatic rings. The van der Waals surface area contributed by atoms with Crippen LogP contribution in [0.2, 0.25) is 0 Å². The fraction of sp³-hybridized carbons (Fsp3) is 0.0370. The van der Waals surface area contributed by atoms with Crippen LogP contribution in [0.15, 0.2) is 91.1 Å². The Morgan fingerprint density at radius 1 is 0.800 bits per heavy atom. The van der Waals surface area contributed by atoms with Gasteiger partial charge in [0, 0.05) is 51.7 Å². The molecule has 8 heteroatoms. The third-order valence-corrected chi connectivity index (χ3v) is 5.32. The molecule has 8 nitrogen and oxygen atoms in total. The van der Waals surface area contributed by atoms with Gasteiger partial charge in [-0.1, -0.05) is 30.3 Å². The number of nitrogen functional groups attached to an aromatic ring is 1. The van der Waals surface area contributed by atoms with Gasteiger partial charge in [0.05, 0.1) is 5.52 Å². The van der Waals surface area contributed by atoms with Crippen LogP contribution in [0.4, 0.5) is 34.5 Å². The van der Waals surface area contributed by atoms with Gasteiger partial charge < -0.3 is 21.7 Å². The summed E-state index contributed by atoms with van der Waals surface area (Å²) in [5.74, 6) is 0.568. The zero-order valence-electron chi connectivity index (χ0n) is 19.0. The van der Waals surface area contributed by atoms with Gasteiger partial charge in [-0.3, -0.25) is 9.78 Å². The normalized spacial score (nSPS) is 10.7. The van der Waals surface area contributed by atoms with Crippen LogP contribution in [0.3, 0.4) is 0 Å². The number of aryl methyl sites for hydroxylation is 1. The van der Waals surface area contributed by atoms with Crippen molar-refractivity contribution in [2.24, 2.45) is 0 Å². The highest BCUT2D eigenvalue weighted by Crippen LogP contribution is 2.26. The number of fused-ring (bicyclic) bond motifs is 1. The highest BCUT2D eigenvalue weighted by atomic mass is 16.1. The molecule has 2 aromatic heterocycles. The average molecular weight is 462 g/mol. The molecular weight excluding hydrogens is 438 g/mol. The summed E-state index contributed by atoms with van der Waals surface area (Å²) < 4.78 is 0. The molecule has 0 atom stereocenters. The van der Waals surface area contributed by atoms with E-state index < -0.39 is 0 Å². The summed E-state index contributed by atoms with van der Waals surface area (Å²) in [5, 5.41) is 10.6. The van der Waals surface area contributed by atoms with E-state index >= 15 is 0 Å². The fourth-order valence-corrected chi connectivity index (χ4v) is 3.78. The first-order valence-electron chi connectivity index (χ1n) is 11.0. The van der Waals surface area contributed by atoms with Crippen LogP contribution >= 0.6 is 0 Å². The Morgan fingerprint density at radius 3 is 2.43 bits per heavy atom. The number of amides is 1. The highest BCUT2D eigenvalue weighted by Gasteiger charge is 2.09. The van der Waals surface area contributed by atoms with Crippen molar-refractivity contribution in [3.05, 3.63) is 102 Å². The molecule has 0 unspecified atom stereocenters. The monoisotopic (exact) mass is 461 g/mol. The first-order valence-corrected chi connectivity index (χ1v) is 11.0. The molecule has 0 aliphatic heterocycles. The van der Waals surface area contributed by atoms with E-state index in [2.05, 4.69) is 30.9 Å². The Morgan fingerprint density at radius 2 is 1.57 bits per heavy atom. The molecule has 5 rings (SSSR count). The van der Waals surface area contributed by atoms with Gasteiger partial charge in [0.2, 0.25) is 5.95 Å². The van der Waals surface area contributed by atoms with Crippen LogP contribution in [0.25, 0.3) is 10.9 Å². The number of nitrogens with zero attached hydrogens (tertiary/aromatic N) is 3. The average Bonchev–Trinajstić information content (AvgIpc) is 2.84. The van der Waals surface area contributed by atoms with Crippen molar-refractivity contribution < 1.29 is 4.79 Å². The molecule has 172 valence electrons. The Bertz CT molecular complexity index is 1510. The van der Waals surface area contributed by atoms with Crippen molar-refractivity contribution >= 4 is 51.3 Å². The minimum absolute atomic E-state index is 0.199. The second-order valence-electron chi connectivity index (χ2n) is 7.99. The lowest BCUT2D eigenvalue weighted by atomic mass is 10.1. The fourth-order valence-electron chi connectivity index (χ4n) is 3.78. The van der Waals surface area contributed by atoms with E-state index in [-0.39, 0.29) is 11.9 Å². The van der Waals surface area contributed by atoms with Crippen LogP contribution in [0.1, 0.15) is 16.1 Å². The summed E-state index contributed by atoms with van der Waals surface area (Å²) in [5.41, 5.74) is 11.1. The Hall–Kier alpha value is -4.98. The van der Waals surface area contributed by atoms with Crippen LogP contribution in [-0.2, 0) is 0 Å². The number of aromatic nitrogens is 3. The van der Waals surface area contributed by atoms with E-state index in [1.54, 1.807) is 18.3 Å². The number of anilines is 6. The number of nitrogens with two attached hydrogens (primary N) is 1. The van der Waals surface area contributed by atoms with Gasteiger partial charge in [-0.05, 0) is 55.5 Å². The Kier molecular flexibility index (Phi) is 5.92. The van der Waals surface area contributed by atoms with Gasteiger partial charge in [0.1, 0.15) is 5.82 Å². The molecule has 35 heavy (non-hydrogen) atoms. The van der Waals surface area contributed by atoms with Gasteiger partial charge in [0.25, 0.3) is 5.91 Å². The summed E-state index contributed by atoms with van der Waals surface area (Å²) in [4.78, 5) is 25.6. The first kappa shape index (κ1) is 21.8. The molecule has 0 saturated heterocycles. The number of carbonyl (C=O) groups is 1. The summed E-state index contributed by atoms with van der Waals surface area (Å²) in [6, 6.07) is 26.4. The number of benzene rings is 3. The van der Waals surface area contributed by atoms with E-state index in [9.17, 15) is 4.79 Å². The lowest BCUT2D eigenvalue weighted by Crippen LogP contribution is -2.12. The molecule has 0 saturated carbocycles. The zero-order chi connectivity index (χ0) is 24.2. The number of nitrogens with one attached hydrogen (secondary N) is 3. The maximum atomic E-state index is 13.0. The molecule has 5 N–H and O–H groups in total. The molecule has 0 aliphatic rings. The predicted molar refractivity (Wildman–Crippen MR) is 140 cm³/mol. The van der Waals surface area contributed by atoms with Crippen molar-refractivity contribution in [2.45, 2.75) is 6.92 Å². The maximum Gasteiger partial charge on any atom is 0.255 e. The lowest BCUT2D eigenvalue weighted by Gasteiger charge is -2.12. The van der Waals surface area contributed by atoms with Crippen molar-refractivity contribution in [3.8, 4) is 0 Å². The van der Waals surface area contributed by atoms with Crippen molar-refractivity contribution in [3.63, 3.8) is 0 Å². The second-order valence-corrected chi connectivity index (χ2v) is 7.99. The number of carbonyl (C=O) groups excluding carboxylic acids is 1. The smallest absolute Gasteiger partial charge is 0.255 e. The minimum atomic E-state index is -0.215. The van der Waals surface area contributed by atoms with Crippen LogP contribution < -0.4 is 21.7 Å². The lowest BCUT2D eigenvalue weighted by molar-refractivity contribution is 0.102. The molecule has 2 heterocycles. The van der Waals surface area contributed by atoms with E-state index in [0.29, 0.717) is 17.1 Å². The number of pyridine rings is 1. The SMILES string of the molecule is Cc1cc(Nc2cccc(NC(=O)c3cccc(Nc4ccnc5ccccc45)c3)c2)nc(N)n1. The van der Waals surface area contributed by atoms with Gasteiger partial charge in [0.15, 0.2) is 0 Å². The molecule has 0 spiro atoms. The van der Waals surface area contributed by atoms with Crippen LogP contribution in [-0.4, -0.2) is 20.9 Å². The summed E-state index contributed by atoms with van der Waals surface area (Å²) in [6.07, 6.45) is 1.76. The maximum absolute atomic E-state index is 13.0. The topological polar surface area (TPSA) is 118 Å². The third kappa shape index (κ3) is 5.17. The van der Waals surface area contributed by atoms with E-state index in [4.69, 9.17) is 5.73 Å². The second kappa shape index (κ2) is 9.48. The summed E-state index contributed by atoms with van der Waals surface area (Å²) in [7, 11) is 0. The zero-order valence-corrected chi connectivity index (χ0v) is 19.0. The quantitative estimate of drug-likeness (QED) is 0.258. The Labute approximate surface area is 202 Å². The molecule has 1 amide bonds. The number of rotatable bonds is 6. The molecule has 0 bridgehead atoms. The third-order valence-electron chi connectivity index (χ3n) is 5.32. The molecular formula is C27H23N7O. The van der Waals surface area contributed by atoms with Crippen molar-refractivity contribution in [1.82, 2.24) is 15.0 Å². The van der Waals surface area contributed by atoms with E-state index in [0.717, 1.165) is 33.7 Å². The van der Waals surface area contributed by atoms with Gasteiger partial charge in [-0.25, -0.2) is 4.98 Å². The van der Waals surface area contributed by atoms with Gasteiger partial charge in [-0.2, -0.15) is 4.98 Å². The van der Waals surface area contributed by atoms with Crippen molar-refractivity contribution in [1.29, 1.82) is 0 Å². The van der Waals surface area contributed by atoms with Crippen molar-refractivity contribution in [2.75, 3.05) is 21.7 Å². The largest absolute Gasteiger partial charge is 0.368 e. The molecule has 0 fully saturated rings. The first-order chi connectivity index (χ1) is 17.0. The van der Waals surface area contributed by atoms with Crippen LogP contribution in [0.5, 0.6) is 0 Å². The molecule has 0 aliphatic carbocycles. The number of para-hydroxylation sites is 1. The number of hydrogen-bond acceptors (Lipinski definition) is 7. The van der Waals surface area contributed by atoms with E-state index in [1.807, 2.05) is 79.7 Å². The van der Waals surface area contributed by atoms with E-state index in [1.165, 1.54) is 0 Å². The Balaban J connectivity index is 1.31. The standard InChI is InChI=1S/C27H23N7O/c1-17-14-25(34-27(28)30-17)32-20-8-5-9-21(16-20)33-26(35)18-6-4-7-19(15-18)31-24-12-13-29-23-11-3-2-10-22(23)24/h2-16H,1H3,(H,29,31)(H,33,35)(H3,28,30,32,34). The molecule has 0 radical (unpaired) electrons. The van der Waals surface area contributed by atoms with Gasteiger partial charge >= 0.3 is 0 Å². The van der Waals surface area contributed by atoms with Crippen LogP contribution in [0, 0.1) is 6.92 Å².